The monoisotopic (exact) mass is 309 g/mol. The second kappa shape index (κ2) is 5.76. The van der Waals surface area contributed by atoms with Crippen molar-refractivity contribution in [1.82, 2.24) is 9.88 Å². The number of benzene rings is 1. The van der Waals surface area contributed by atoms with E-state index in [4.69, 9.17) is 0 Å². The van der Waals surface area contributed by atoms with Crippen molar-refractivity contribution in [2.75, 3.05) is 31.1 Å². The molecular formula is C16H18F3N3. The third-order valence-corrected chi connectivity index (χ3v) is 4.06. The van der Waals surface area contributed by atoms with Crippen LogP contribution >= 0.6 is 0 Å². The lowest BCUT2D eigenvalue weighted by Crippen LogP contribution is -2.54. The molecule has 6 heteroatoms. The first-order chi connectivity index (χ1) is 10.4. The number of anilines is 1. The average Bonchev–Trinajstić information content (AvgIpc) is 2.47. The fourth-order valence-corrected chi connectivity index (χ4v) is 2.90. The summed E-state index contributed by atoms with van der Waals surface area (Å²) in [6.45, 7) is 2.51. The molecule has 2 heterocycles. The molecular weight excluding hydrogens is 291 g/mol. The van der Waals surface area contributed by atoms with Crippen LogP contribution in [0.15, 0.2) is 36.4 Å². The fraction of sp³-hybridized carbons (Fsp3) is 0.438. The molecule has 2 aromatic rings. The van der Waals surface area contributed by atoms with E-state index in [1.165, 1.54) is 4.90 Å². The summed E-state index contributed by atoms with van der Waals surface area (Å²) in [6, 6.07) is 11.6. The summed E-state index contributed by atoms with van der Waals surface area (Å²) in [7, 11) is 0. The number of halogens is 3. The van der Waals surface area contributed by atoms with Crippen molar-refractivity contribution in [3.8, 4) is 0 Å². The predicted octanol–water partition coefficient (Wildman–Crippen LogP) is 3.31. The van der Waals surface area contributed by atoms with E-state index in [-0.39, 0.29) is 6.04 Å². The van der Waals surface area contributed by atoms with E-state index < -0.39 is 12.7 Å². The molecule has 1 aromatic heterocycles. The molecule has 0 N–H and O–H groups in total. The maximum atomic E-state index is 12.5. The van der Waals surface area contributed by atoms with Crippen molar-refractivity contribution in [2.24, 2.45) is 0 Å². The van der Waals surface area contributed by atoms with E-state index in [0.29, 0.717) is 19.6 Å². The van der Waals surface area contributed by atoms with E-state index in [9.17, 15) is 13.2 Å². The molecule has 0 bridgehead atoms. The van der Waals surface area contributed by atoms with Gasteiger partial charge in [-0.05, 0) is 25.1 Å². The molecule has 1 atom stereocenters. The lowest BCUT2D eigenvalue weighted by molar-refractivity contribution is -0.150. The van der Waals surface area contributed by atoms with Crippen LogP contribution in [-0.2, 0) is 0 Å². The number of piperazine rings is 1. The number of aromatic nitrogens is 1. The SMILES string of the molecule is CC1CN(c2ccc3ccccc3n2)CCN1CC(F)(F)F. The van der Waals surface area contributed by atoms with E-state index in [2.05, 4.69) is 9.88 Å². The van der Waals surface area contributed by atoms with E-state index in [0.717, 1.165) is 16.7 Å². The lowest BCUT2D eigenvalue weighted by atomic mass is 10.1. The number of para-hydroxylation sites is 1. The highest BCUT2D eigenvalue weighted by atomic mass is 19.4. The fourth-order valence-electron chi connectivity index (χ4n) is 2.90. The zero-order chi connectivity index (χ0) is 15.7. The van der Waals surface area contributed by atoms with Crippen molar-refractivity contribution in [2.45, 2.75) is 19.1 Å². The van der Waals surface area contributed by atoms with Crippen LogP contribution in [-0.4, -0.2) is 48.3 Å². The molecule has 0 saturated carbocycles. The quantitative estimate of drug-likeness (QED) is 0.848. The minimum Gasteiger partial charge on any atom is -0.354 e. The van der Waals surface area contributed by atoms with Gasteiger partial charge in [-0.15, -0.1) is 0 Å². The molecule has 0 radical (unpaired) electrons. The predicted molar refractivity (Wildman–Crippen MR) is 81.0 cm³/mol. The molecule has 22 heavy (non-hydrogen) atoms. The summed E-state index contributed by atoms with van der Waals surface area (Å²) in [5, 5.41) is 1.06. The first-order valence-corrected chi connectivity index (χ1v) is 7.34. The van der Waals surface area contributed by atoms with Crippen molar-refractivity contribution in [3.05, 3.63) is 36.4 Å². The Hall–Kier alpha value is -1.82. The molecule has 0 amide bonds. The van der Waals surface area contributed by atoms with Gasteiger partial charge in [0.25, 0.3) is 0 Å². The minimum absolute atomic E-state index is 0.149. The lowest BCUT2D eigenvalue weighted by Gasteiger charge is -2.40. The summed E-state index contributed by atoms with van der Waals surface area (Å²) in [4.78, 5) is 8.16. The number of pyridine rings is 1. The van der Waals surface area contributed by atoms with E-state index in [1.807, 2.05) is 43.3 Å². The van der Waals surface area contributed by atoms with Crippen LogP contribution in [0.2, 0.25) is 0 Å². The van der Waals surface area contributed by atoms with Crippen LogP contribution in [0.5, 0.6) is 0 Å². The summed E-state index contributed by atoms with van der Waals surface area (Å²) in [6.07, 6.45) is -4.14. The molecule has 0 spiro atoms. The molecule has 1 aliphatic rings. The topological polar surface area (TPSA) is 19.4 Å². The summed E-state index contributed by atoms with van der Waals surface area (Å²) < 4.78 is 37.6. The van der Waals surface area contributed by atoms with Crippen molar-refractivity contribution < 1.29 is 13.2 Å². The highest BCUT2D eigenvalue weighted by molar-refractivity contribution is 5.80. The summed E-state index contributed by atoms with van der Waals surface area (Å²) in [5.74, 6) is 0.831. The van der Waals surface area contributed by atoms with Gasteiger partial charge in [0, 0.05) is 31.1 Å². The maximum Gasteiger partial charge on any atom is 0.401 e. The van der Waals surface area contributed by atoms with Crippen LogP contribution in [0.1, 0.15) is 6.92 Å². The zero-order valence-corrected chi connectivity index (χ0v) is 12.3. The maximum absolute atomic E-state index is 12.5. The molecule has 1 saturated heterocycles. The molecule has 1 aliphatic heterocycles. The molecule has 118 valence electrons. The van der Waals surface area contributed by atoms with Gasteiger partial charge < -0.3 is 4.90 Å². The van der Waals surface area contributed by atoms with Crippen LogP contribution in [0.25, 0.3) is 10.9 Å². The zero-order valence-electron chi connectivity index (χ0n) is 12.3. The largest absolute Gasteiger partial charge is 0.401 e. The first-order valence-electron chi connectivity index (χ1n) is 7.34. The van der Waals surface area contributed by atoms with E-state index in [1.54, 1.807) is 0 Å². The third-order valence-electron chi connectivity index (χ3n) is 4.06. The van der Waals surface area contributed by atoms with Crippen LogP contribution in [0.4, 0.5) is 19.0 Å². The van der Waals surface area contributed by atoms with Gasteiger partial charge in [-0.2, -0.15) is 13.2 Å². The third kappa shape index (κ3) is 3.32. The van der Waals surface area contributed by atoms with Crippen molar-refractivity contribution >= 4 is 16.7 Å². The van der Waals surface area contributed by atoms with Crippen molar-refractivity contribution in [1.29, 1.82) is 0 Å². The van der Waals surface area contributed by atoms with Gasteiger partial charge >= 0.3 is 6.18 Å². The summed E-state index contributed by atoms with van der Waals surface area (Å²) in [5.41, 5.74) is 0.908. The molecule has 1 fully saturated rings. The highest BCUT2D eigenvalue weighted by Crippen LogP contribution is 2.23. The Morgan fingerprint density at radius 2 is 1.91 bits per heavy atom. The Kier molecular flexibility index (Phi) is 3.95. The Labute approximate surface area is 127 Å². The van der Waals surface area contributed by atoms with Gasteiger partial charge in [0.1, 0.15) is 5.82 Å². The van der Waals surface area contributed by atoms with Gasteiger partial charge in [-0.1, -0.05) is 18.2 Å². The minimum atomic E-state index is -4.14. The second-order valence-electron chi connectivity index (χ2n) is 5.74. The number of rotatable bonds is 2. The van der Waals surface area contributed by atoms with Gasteiger partial charge in [0.15, 0.2) is 0 Å². The molecule has 1 unspecified atom stereocenters. The van der Waals surface area contributed by atoms with Crippen molar-refractivity contribution in [3.63, 3.8) is 0 Å². The Bertz CT molecular complexity index is 656. The van der Waals surface area contributed by atoms with Crippen LogP contribution < -0.4 is 4.90 Å². The Morgan fingerprint density at radius 1 is 1.14 bits per heavy atom. The van der Waals surface area contributed by atoms with Crippen LogP contribution in [0.3, 0.4) is 0 Å². The number of hydrogen-bond acceptors (Lipinski definition) is 3. The Balaban J connectivity index is 1.73. The highest BCUT2D eigenvalue weighted by Gasteiger charge is 2.35. The van der Waals surface area contributed by atoms with Gasteiger partial charge in [-0.3, -0.25) is 4.90 Å². The number of hydrogen-bond donors (Lipinski definition) is 0. The first kappa shape index (κ1) is 15.1. The van der Waals surface area contributed by atoms with Crippen LogP contribution in [0, 0.1) is 0 Å². The molecule has 3 rings (SSSR count). The average molecular weight is 309 g/mol. The molecule has 3 nitrogen and oxygen atoms in total. The summed E-state index contributed by atoms with van der Waals surface area (Å²) >= 11 is 0. The van der Waals surface area contributed by atoms with Gasteiger partial charge in [0.2, 0.25) is 0 Å². The normalized spacial score (nSPS) is 20.5. The standard InChI is InChI=1S/C16H18F3N3/c1-12-10-21(8-9-22(12)11-16(17,18)19)15-7-6-13-4-2-3-5-14(13)20-15/h2-7,12H,8-11H2,1H3. The number of fused-ring (bicyclic) bond motifs is 1. The molecule has 1 aromatic carbocycles. The van der Waals surface area contributed by atoms with E-state index >= 15 is 0 Å². The molecule has 0 aliphatic carbocycles. The Morgan fingerprint density at radius 3 is 2.64 bits per heavy atom. The van der Waals surface area contributed by atoms with Gasteiger partial charge in [0.05, 0.1) is 12.1 Å². The second-order valence-corrected chi connectivity index (χ2v) is 5.74. The smallest absolute Gasteiger partial charge is 0.354 e. The number of alkyl halides is 3. The number of nitrogens with zero attached hydrogens (tertiary/aromatic N) is 3. The van der Waals surface area contributed by atoms with Gasteiger partial charge in [-0.25, -0.2) is 4.98 Å².